The average molecular weight is 237 g/mol. The molecule has 2 heterocycles. The van der Waals surface area contributed by atoms with E-state index in [0.29, 0.717) is 11.6 Å². The Kier molecular flexibility index (Phi) is 2.76. The molecule has 0 aliphatic heterocycles. The number of aromatic nitrogens is 1. The van der Waals surface area contributed by atoms with Crippen molar-refractivity contribution in [3.8, 4) is 0 Å². The Hall–Kier alpha value is -1.29. The largest absolute Gasteiger partial charge is 0.477 e. The number of rotatable bonds is 3. The Bertz CT molecular complexity index is 536. The number of fused-ring (bicyclic) bond motifs is 1. The standard InChI is InChI=1S/C12H15NO2S/c1-7(2)6-13-9-4-8(3)16-11(9)5-10(13)12(14)15/h4-5,7H,6H2,1-3H3,(H,14,15). The molecule has 16 heavy (non-hydrogen) atoms. The van der Waals surface area contributed by atoms with Crippen molar-refractivity contribution in [2.75, 3.05) is 0 Å². The van der Waals surface area contributed by atoms with Crippen molar-refractivity contribution in [2.24, 2.45) is 5.92 Å². The molecule has 0 saturated carbocycles. The lowest BCUT2D eigenvalue weighted by Crippen LogP contribution is -2.11. The summed E-state index contributed by atoms with van der Waals surface area (Å²) in [7, 11) is 0. The zero-order chi connectivity index (χ0) is 11.9. The van der Waals surface area contributed by atoms with Gasteiger partial charge in [0.25, 0.3) is 0 Å². The smallest absolute Gasteiger partial charge is 0.352 e. The van der Waals surface area contributed by atoms with Crippen LogP contribution in [0.15, 0.2) is 12.1 Å². The molecule has 0 radical (unpaired) electrons. The summed E-state index contributed by atoms with van der Waals surface area (Å²) in [6.45, 7) is 6.99. The second-order valence-corrected chi connectivity index (χ2v) is 5.73. The highest BCUT2D eigenvalue weighted by atomic mass is 32.1. The van der Waals surface area contributed by atoms with Crippen LogP contribution in [-0.4, -0.2) is 15.6 Å². The van der Waals surface area contributed by atoms with Gasteiger partial charge in [0, 0.05) is 11.4 Å². The van der Waals surface area contributed by atoms with E-state index in [1.165, 1.54) is 4.88 Å². The monoisotopic (exact) mass is 237 g/mol. The number of aromatic carboxylic acids is 1. The van der Waals surface area contributed by atoms with Crippen molar-refractivity contribution in [1.29, 1.82) is 0 Å². The molecule has 86 valence electrons. The molecule has 0 amide bonds. The van der Waals surface area contributed by atoms with Crippen molar-refractivity contribution < 1.29 is 9.90 Å². The molecule has 2 aromatic heterocycles. The molecule has 0 atom stereocenters. The van der Waals surface area contributed by atoms with Crippen LogP contribution in [0.2, 0.25) is 0 Å². The van der Waals surface area contributed by atoms with E-state index < -0.39 is 5.97 Å². The van der Waals surface area contributed by atoms with E-state index in [2.05, 4.69) is 19.9 Å². The topological polar surface area (TPSA) is 42.2 Å². The second-order valence-electron chi connectivity index (χ2n) is 4.45. The summed E-state index contributed by atoms with van der Waals surface area (Å²) < 4.78 is 2.97. The van der Waals surface area contributed by atoms with E-state index in [0.717, 1.165) is 16.8 Å². The van der Waals surface area contributed by atoms with Gasteiger partial charge in [-0.25, -0.2) is 4.79 Å². The van der Waals surface area contributed by atoms with Crippen molar-refractivity contribution >= 4 is 27.5 Å². The zero-order valence-electron chi connectivity index (χ0n) is 9.65. The fourth-order valence-corrected chi connectivity index (χ4v) is 2.87. The van der Waals surface area contributed by atoms with E-state index in [-0.39, 0.29) is 0 Å². The molecule has 2 aromatic rings. The lowest BCUT2D eigenvalue weighted by Gasteiger charge is -2.10. The third kappa shape index (κ3) is 1.85. The van der Waals surface area contributed by atoms with Crippen LogP contribution in [0, 0.1) is 12.8 Å². The number of thiophene rings is 1. The lowest BCUT2D eigenvalue weighted by atomic mass is 10.2. The summed E-state index contributed by atoms with van der Waals surface area (Å²) in [6.07, 6.45) is 0. The van der Waals surface area contributed by atoms with Gasteiger partial charge in [-0.3, -0.25) is 0 Å². The van der Waals surface area contributed by atoms with Crippen LogP contribution in [0.3, 0.4) is 0 Å². The minimum Gasteiger partial charge on any atom is -0.477 e. The van der Waals surface area contributed by atoms with Gasteiger partial charge >= 0.3 is 5.97 Å². The number of carbonyl (C=O) groups is 1. The van der Waals surface area contributed by atoms with Crippen molar-refractivity contribution in [2.45, 2.75) is 27.3 Å². The predicted molar refractivity (Wildman–Crippen MR) is 66.3 cm³/mol. The van der Waals surface area contributed by atoms with Crippen LogP contribution in [0.4, 0.5) is 0 Å². The molecule has 0 aromatic carbocycles. The van der Waals surface area contributed by atoms with Crippen molar-refractivity contribution in [1.82, 2.24) is 4.57 Å². The molecule has 0 fully saturated rings. The molecule has 0 aliphatic rings. The van der Waals surface area contributed by atoms with E-state index in [9.17, 15) is 4.79 Å². The first kappa shape index (κ1) is 11.2. The van der Waals surface area contributed by atoms with E-state index in [4.69, 9.17) is 5.11 Å². The third-order valence-electron chi connectivity index (χ3n) is 2.48. The van der Waals surface area contributed by atoms with Crippen LogP contribution in [0.1, 0.15) is 29.2 Å². The van der Waals surface area contributed by atoms with Gasteiger partial charge in [0.1, 0.15) is 5.69 Å². The summed E-state index contributed by atoms with van der Waals surface area (Å²) in [4.78, 5) is 12.4. The molecule has 0 spiro atoms. The first-order chi connectivity index (χ1) is 7.49. The average Bonchev–Trinajstić information content (AvgIpc) is 2.63. The molecule has 2 rings (SSSR count). The van der Waals surface area contributed by atoms with Crippen LogP contribution >= 0.6 is 11.3 Å². The van der Waals surface area contributed by atoms with Gasteiger partial charge in [-0.1, -0.05) is 13.8 Å². The maximum atomic E-state index is 11.1. The summed E-state index contributed by atoms with van der Waals surface area (Å²) in [5.41, 5.74) is 1.45. The summed E-state index contributed by atoms with van der Waals surface area (Å²) in [5.74, 6) is -0.407. The number of carboxylic acids is 1. The zero-order valence-corrected chi connectivity index (χ0v) is 10.5. The molecule has 4 heteroatoms. The van der Waals surface area contributed by atoms with Gasteiger partial charge in [0.2, 0.25) is 0 Å². The van der Waals surface area contributed by atoms with Gasteiger partial charge in [-0.2, -0.15) is 0 Å². The summed E-state index contributed by atoms with van der Waals surface area (Å²) in [5, 5.41) is 9.15. The highest BCUT2D eigenvalue weighted by Crippen LogP contribution is 2.29. The molecule has 3 nitrogen and oxygen atoms in total. The Labute approximate surface area is 98.3 Å². The highest BCUT2D eigenvalue weighted by molar-refractivity contribution is 7.19. The Morgan fingerprint density at radius 1 is 1.50 bits per heavy atom. The number of hydrogen-bond donors (Lipinski definition) is 1. The van der Waals surface area contributed by atoms with Gasteiger partial charge in [-0.15, -0.1) is 11.3 Å². The van der Waals surface area contributed by atoms with Crippen LogP contribution in [-0.2, 0) is 6.54 Å². The van der Waals surface area contributed by atoms with E-state index in [1.54, 1.807) is 17.4 Å². The van der Waals surface area contributed by atoms with Crippen LogP contribution in [0.5, 0.6) is 0 Å². The van der Waals surface area contributed by atoms with E-state index in [1.807, 2.05) is 11.5 Å². The van der Waals surface area contributed by atoms with Gasteiger partial charge < -0.3 is 9.67 Å². The number of hydrogen-bond acceptors (Lipinski definition) is 2. The minimum atomic E-state index is -0.846. The third-order valence-corrected chi connectivity index (χ3v) is 3.47. The molecular formula is C12H15NO2S. The highest BCUT2D eigenvalue weighted by Gasteiger charge is 2.16. The minimum absolute atomic E-state index is 0.398. The number of nitrogens with zero attached hydrogens (tertiary/aromatic N) is 1. The fraction of sp³-hybridized carbons (Fsp3) is 0.417. The molecule has 0 unspecified atom stereocenters. The molecule has 0 bridgehead atoms. The van der Waals surface area contributed by atoms with Gasteiger partial charge in [-0.05, 0) is 25.0 Å². The van der Waals surface area contributed by atoms with Crippen LogP contribution in [0.25, 0.3) is 10.2 Å². The SMILES string of the molecule is Cc1cc2c(cc(C(=O)O)n2CC(C)C)s1. The molecular weight excluding hydrogens is 222 g/mol. The Morgan fingerprint density at radius 2 is 2.19 bits per heavy atom. The quantitative estimate of drug-likeness (QED) is 0.889. The maximum absolute atomic E-state index is 11.1. The van der Waals surface area contributed by atoms with E-state index >= 15 is 0 Å². The first-order valence-electron chi connectivity index (χ1n) is 5.32. The Morgan fingerprint density at radius 3 is 2.75 bits per heavy atom. The van der Waals surface area contributed by atoms with Crippen molar-refractivity contribution in [3.63, 3.8) is 0 Å². The molecule has 0 aliphatic carbocycles. The fourth-order valence-electron chi connectivity index (χ4n) is 1.90. The molecule has 0 saturated heterocycles. The molecule has 1 N–H and O–H groups in total. The first-order valence-corrected chi connectivity index (χ1v) is 6.13. The normalized spacial score (nSPS) is 11.5. The lowest BCUT2D eigenvalue weighted by molar-refractivity contribution is 0.0685. The summed E-state index contributed by atoms with van der Waals surface area (Å²) in [6, 6.07) is 3.84. The Balaban J connectivity index is 2.61. The van der Waals surface area contributed by atoms with Crippen LogP contribution < -0.4 is 0 Å². The van der Waals surface area contributed by atoms with Crippen molar-refractivity contribution in [3.05, 3.63) is 22.7 Å². The summed E-state index contributed by atoms with van der Waals surface area (Å²) >= 11 is 1.65. The maximum Gasteiger partial charge on any atom is 0.352 e. The van der Waals surface area contributed by atoms with Gasteiger partial charge in [0.15, 0.2) is 0 Å². The second kappa shape index (κ2) is 3.94. The number of aryl methyl sites for hydroxylation is 1. The van der Waals surface area contributed by atoms with Gasteiger partial charge in [0.05, 0.1) is 10.2 Å². The number of carboxylic acid groups (broad SMARTS) is 1. The predicted octanol–water partition coefficient (Wildman–Crippen LogP) is 3.37.